The van der Waals surface area contributed by atoms with E-state index < -0.39 is 0 Å². The number of ether oxygens (including phenoxy) is 2. The summed E-state index contributed by atoms with van der Waals surface area (Å²) in [6.07, 6.45) is 1.79. The van der Waals surface area contributed by atoms with Crippen LogP contribution in [-0.4, -0.2) is 50.2 Å². The average Bonchev–Trinajstić information content (AvgIpc) is 2.52. The average molecular weight is 297 g/mol. The van der Waals surface area contributed by atoms with Crippen LogP contribution >= 0.6 is 0 Å². The lowest BCUT2D eigenvalue weighted by Gasteiger charge is -2.08. The number of aliphatic hydroxyl groups is 2. The molecule has 0 saturated carbocycles. The minimum atomic E-state index is 0.00129. The Hall–Kier alpha value is -0.980. The predicted octanol–water partition coefficient (Wildman–Crippen LogP) is 0.856. The van der Waals surface area contributed by atoms with Crippen LogP contribution in [-0.2, 0) is 29.1 Å². The van der Waals surface area contributed by atoms with Crippen LogP contribution in [0, 0.1) is 0 Å². The van der Waals surface area contributed by atoms with Gasteiger partial charge in [-0.3, -0.25) is 0 Å². The molecule has 0 unspecified atom stereocenters. The first kappa shape index (κ1) is 18.1. The van der Waals surface area contributed by atoms with Gasteiger partial charge < -0.3 is 25.0 Å². The Kier molecular flexibility index (Phi) is 10.0. The SMILES string of the molecule is CNCCOCCOCCCc1cc(CO)cc(CO)c1. The number of likely N-dealkylation sites (N-methyl/N-ethyl adjacent to an activating group) is 1. The van der Waals surface area contributed by atoms with Gasteiger partial charge in [0.15, 0.2) is 0 Å². The number of benzene rings is 1. The van der Waals surface area contributed by atoms with E-state index in [1.54, 1.807) is 0 Å². The molecule has 0 spiro atoms. The van der Waals surface area contributed by atoms with Gasteiger partial charge in [0.2, 0.25) is 0 Å². The highest BCUT2D eigenvalue weighted by Gasteiger charge is 2.01. The molecule has 0 radical (unpaired) electrons. The molecule has 0 saturated heterocycles. The topological polar surface area (TPSA) is 71.0 Å². The maximum absolute atomic E-state index is 9.19. The first-order chi connectivity index (χ1) is 10.3. The molecule has 5 nitrogen and oxygen atoms in total. The van der Waals surface area contributed by atoms with E-state index in [4.69, 9.17) is 9.47 Å². The van der Waals surface area contributed by atoms with Gasteiger partial charge in [-0.2, -0.15) is 0 Å². The Labute approximate surface area is 126 Å². The van der Waals surface area contributed by atoms with Crippen molar-refractivity contribution < 1.29 is 19.7 Å². The zero-order chi connectivity index (χ0) is 15.3. The second-order valence-electron chi connectivity index (χ2n) is 4.91. The number of aliphatic hydroxyl groups excluding tert-OH is 2. The normalized spacial score (nSPS) is 11.0. The van der Waals surface area contributed by atoms with Crippen molar-refractivity contribution in [3.8, 4) is 0 Å². The van der Waals surface area contributed by atoms with E-state index in [1.807, 2.05) is 25.2 Å². The van der Waals surface area contributed by atoms with Crippen LogP contribution in [0.4, 0.5) is 0 Å². The number of rotatable bonds is 12. The molecule has 0 fully saturated rings. The van der Waals surface area contributed by atoms with E-state index >= 15 is 0 Å². The lowest BCUT2D eigenvalue weighted by molar-refractivity contribution is 0.0484. The van der Waals surface area contributed by atoms with Crippen LogP contribution in [0.2, 0.25) is 0 Å². The van der Waals surface area contributed by atoms with Crippen LogP contribution in [0.1, 0.15) is 23.1 Å². The fourth-order valence-corrected chi connectivity index (χ4v) is 2.04. The van der Waals surface area contributed by atoms with Crippen LogP contribution < -0.4 is 5.32 Å². The Bertz CT molecular complexity index is 362. The number of aryl methyl sites for hydroxylation is 1. The second-order valence-corrected chi connectivity index (χ2v) is 4.91. The van der Waals surface area contributed by atoms with Crippen LogP contribution in [0.25, 0.3) is 0 Å². The molecule has 5 heteroatoms. The van der Waals surface area contributed by atoms with Gasteiger partial charge in [0.25, 0.3) is 0 Å². The Morgan fingerprint density at radius 2 is 1.43 bits per heavy atom. The molecule has 1 aromatic carbocycles. The largest absolute Gasteiger partial charge is 0.392 e. The molecule has 0 atom stereocenters. The van der Waals surface area contributed by atoms with Gasteiger partial charge in [0.1, 0.15) is 0 Å². The van der Waals surface area contributed by atoms with Gasteiger partial charge in [0.05, 0.1) is 33.0 Å². The third-order valence-corrected chi connectivity index (χ3v) is 3.10. The summed E-state index contributed by atoms with van der Waals surface area (Å²) < 4.78 is 10.9. The van der Waals surface area contributed by atoms with Crippen molar-refractivity contribution in [3.63, 3.8) is 0 Å². The molecule has 21 heavy (non-hydrogen) atoms. The highest BCUT2D eigenvalue weighted by molar-refractivity contribution is 5.29. The Morgan fingerprint density at radius 1 is 0.857 bits per heavy atom. The molecule has 0 aliphatic rings. The molecule has 0 bridgehead atoms. The quantitative estimate of drug-likeness (QED) is 0.499. The van der Waals surface area contributed by atoms with Crippen molar-refractivity contribution in [3.05, 3.63) is 34.9 Å². The van der Waals surface area contributed by atoms with Crippen molar-refractivity contribution in [2.45, 2.75) is 26.1 Å². The summed E-state index contributed by atoms with van der Waals surface area (Å²) in [6, 6.07) is 5.77. The van der Waals surface area contributed by atoms with Gasteiger partial charge in [0, 0.05) is 13.2 Å². The van der Waals surface area contributed by atoms with Gasteiger partial charge in [-0.1, -0.05) is 18.2 Å². The van der Waals surface area contributed by atoms with E-state index in [0.717, 1.165) is 36.1 Å². The van der Waals surface area contributed by atoms with Gasteiger partial charge >= 0.3 is 0 Å². The lowest BCUT2D eigenvalue weighted by Crippen LogP contribution is -2.16. The van der Waals surface area contributed by atoms with Crippen LogP contribution in [0.3, 0.4) is 0 Å². The third kappa shape index (κ3) is 8.14. The molecular formula is C16H27NO4. The highest BCUT2D eigenvalue weighted by atomic mass is 16.5. The van der Waals surface area contributed by atoms with Crippen molar-refractivity contribution in [2.24, 2.45) is 0 Å². The molecular weight excluding hydrogens is 270 g/mol. The highest BCUT2D eigenvalue weighted by Crippen LogP contribution is 2.12. The molecule has 0 heterocycles. The van der Waals surface area contributed by atoms with E-state index in [0.29, 0.717) is 26.4 Å². The van der Waals surface area contributed by atoms with Crippen molar-refractivity contribution in [2.75, 3.05) is 40.0 Å². The maximum atomic E-state index is 9.19. The van der Waals surface area contributed by atoms with E-state index in [1.165, 1.54) is 0 Å². The summed E-state index contributed by atoms with van der Waals surface area (Å²) in [6.45, 7) is 3.49. The number of nitrogens with one attached hydrogen (secondary N) is 1. The molecule has 1 rings (SSSR count). The summed E-state index contributed by atoms with van der Waals surface area (Å²) in [4.78, 5) is 0. The Morgan fingerprint density at radius 3 is 2.00 bits per heavy atom. The summed E-state index contributed by atoms with van der Waals surface area (Å²) in [5.41, 5.74) is 2.81. The van der Waals surface area contributed by atoms with Gasteiger partial charge in [-0.15, -0.1) is 0 Å². The summed E-state index contributed by atoms with van der Waals surface area (Å²) in [5.74, 6) is 0. The number of hydrogen-bond donors (Lipinski definition) is 3. The lowest BCUT2D eigenvalue weighted by atomic mass is 10.0. The molecule has 1 aromatic rings. The van der Waals surface area contributed by atoms with Crippen molar-refractivity contribution in [1.29, 1.82) is 0 Å². The summed E-state index contributed by atoms with van der Waals surface area (Å²) in [5, 5.41) is 21.4. The first-order valence-corrected chi connectivity index (χ1v) is 7.43. The molecule has 0 aromatic heterocycles. The zero-order valence-corrected chi connectivity index (χ0v) is 12.8. The zero-order valence-electron chi connectivity index (χ0n) is 12.8. The molecule has 120 valence electrons. The first-order valence-electron chi connectivity index (χ1n) is 7.43. The fourth-order valence-electron chi connectivity index (χ4n) is 2.04. The molecule has 3 N–H and O–H groups in total. The van der Waals surface area contributed by atoms with E-state index in [-0.39, 0.29) is 13.2 Å². The summed E-state index contributed by atoms with van der Waals surface area (Å²) >= 11 is 0. The summed E-state index contributed by atoms with van der Waals surface area (Å²) in [7, 11) is 1.90. The predicted molar refractivity (Wildman–Crippen MR) is 82.2 cm³/mol. The monoisotopic (exact) mass is 297 g/mol. The second kappa shape index (κ2) is 11.7. The Balaban J connectivity index is 2.15. The van der Waals surface area contributed by atoms with Gasteiger partial charge in [-0.25, -0.2) is 0 Å². The smallest absolute Gasteiger partial charge is 0.0701 e. The minimum Gasteiger partial charge on any atom is -0.392 e. The molecule has 0 amide bonds. The maximum Gasteiger partial charge on any atom is 0.0701 e. The minimum absolute atomic E-state index is 0.00129. The number of hydrogen-bond acceptors (Lipinski definition) is 5. The van der Waals surface area contributed by atoms with Crippen LogP contribution in [0.5, 0.6) is 0 Å². The molecule has 0 aliphatic heterocycles. The van der Waals surface area contributed by atoms with Gasteiger partial charge in [-0.05, 0) is 36.6 Å². The van der Waals surface area contributed by atoms with E-state index in [9.17, 15) is 10.2 Å². The fraction of sp³-hybridized carbons (Fsp3) is 0.625. The van der Waals surface area contributed by atoms with Crippen molar-refractivity contribution >= 4 is 0 Å². The van der Waals surface area contributed by atoms with Crippen molar-refractivity contribution in [1.82, 2.24) is 5.32 Å². The van der Waals surface area contributed by atoms with E-state index in [2.05, 4.69) is 5.32 Å². The standard InChI is InChI=1S/C16H27NO4/c1-17-4-6-21-8-7-20-5-2-3-14-9-15(12-18)11-16(10-14)13-19/h9-11,17-19H,2-8,12-13H2,1H3. The molecule has 0 aliphatic carbocycles. The van der Waals surface area contributed by atoms with Crippen LogP contribution in [0.15, 0.2) is 18.2 Å². The third-order valence-electron chi connectivity index (χ3n) is 3.10.